The van der Waals surface area contributed by atoms with Gasteiger partial charge < -0.3 is 20.1 Å². The summed E-state index contributed by atoms with van der Waals surface area (Å²) in [7, 11) is 1.25. The van der Waals surface area contributed by atoms with Gasteiger partial charge in [0.05, 0.1) is 7.11 Å². The highest BCUT2D eigenvalue weighted by molar-refractivity contribution is 9.10. The van der Waals surface area contributed by atoms with E-state index < -0.39 is 11.6 Å². The van der Waals surface area contributed by atoms with E-state index in [-0.39, 0.29) is 18.9 Å². The van der Waals surface area contributed by atoms with Gasteiger partial charge >= 0.3 is 12.0 Å². The molecule has 0 bridgehead atoms. The zero-order chi connectivity index (χ0) is 17.2. The standard InChI is InChI=1S/C16H21BrN2O4/c1-10-8-12(17)9-11(2)13(10)18-15(21)19-6-4-16(22,5-7-19)14(20)23-3/h8-9,22H,4-7H2,1-3H3,(H,18,21). The fraction of sp³-hybridized carbons (Fsp3) is 0.500. The molecule has 0 aliphatic carbocycles. The van der Waals surface area contributed by atoms with Crippen LogP contribution in [0.15, 0.2) is 16.6 Å². The van der Waals surface area contributed by atoms with Crippen molar-refractivity contribution in [3.8, 4) is 0 Å². The minimum atomic E-state index is -1.49. The first-order chi connectivity index (χ1) is 10.8. The summed E-state index contributed by atoms with van der Waals surface area (Å²) in [6.45, 7) is 4.46. The number of aliphatic hydroxyl groups is 1. The number of likely N-dealkylation sites (tertiary alicyclic amines) is 1. The highest BCUT2D eigenvalue weighted by Crippen LogP contribution is 2.27. The topological polar surface area (TPSA) is 78.9 Å². The van der Waals surface area contributed by atoms with Crippen molar-refractivity contribution in [3.05, 3.63) is 27.7 Å². The van der Waals surface area contributed by atoms with Crippen LogP contribution in [0.3, 0.4) is 0 Å². The number of carbonyl (C=O) groups is 2. The van der Waals surface area contributed by atoms with Crippen molar-refractivity contribution >= 4 is 33.6 Å². The quantitative estimate of drug-likeness (QED) is 0.768. The number of aryl methyl sites for hydroxylation is 2. The molecule has 126 valence electrons. The maximum atomic E-state index is 12.4. The van der Waals surface area contributed by atoms with E-state index in [0.717, 1.165) is 21.3 Å². The Morgan fingerprint density at radius 2 is 1.78 bits per heavy atom. The molecule has 23 heavy (non-hydrogen) atoms. The van der Waals surface area contributed by atoms with Crippen LogP contribution in [0, 0.1) is 13.8 Å². The Morgan fingerprint density at radius 3 is 2.26 bits per heavy atom. The molecule has 6 nitrogen and oxygen atoms in total. The number of amides is 2. The highest BCUT2D eigenvalue weighted by Gasteiger charge is 2.41. The molecule has 1 fully saturated rings. The summed E-state index contributed by atoms with van der Waals surface area (Å²) in [4.78, 5) is 25.6. The van der Waals surface area contributed by atoms with Crippen LogP contribution in [0.5, 0.6) is 0 Å². The molecular weight excluding hydrogens is 364 g/mol. The molecule has 1 aliphatic heterocycles. The maximum Gasteiger partial charge on any atom is 0.337 e. The van der Waals surface area contributed by atoms with E-state index in [1.54, 1.807) is 4.90 Å². The van der Waals surface area contributed by atoms with E-state index in [2.05, 4.69) is 26.0 Å². The first kappa shape index (κ1) is 17.7. The van der Waals surface area contributed by atoms with E-state index in [1.165, 1.54) is 7.11 Å². The van der Waals surface area contributed by atoms with Gasteiger partial charge in [-0.25, -0.2) is 9.59 Å². The van der Waals surface area contributed by atoms with Crippen molar-refractivity contribution in [1.29, 1.82) is 0 Å². The fourth-order valence-corrected chi connectivity index (χ4v) is 3.45. The number of nitrogens with one attached hydrogen (secondary N) is 1. The van der Waals surface area contributed by atoms with E-state index in [1.807, 2.05) is 26.0 Å². The van der Waals surface area contributed by atoms with Gasteiger partial charge in [-0.3, -0.25) is 0 Å². The maximum absolute atomic E-state index is 12.4. The molecule has 2 N–H and O–H groups in total. The lowest BCUT2D eigenvalue weighted by Crippen LogP contribution is -2.52. The number of hydrogen-bond acceptors (Lipinski definition) is 4. The molecule has 1 heterocycles. The van der Waals surface area contributed by atoms with Crippen molar-refractivity contribution in [2.75, 3.05) is 25.5 Å². The van der Waals surface area contributed by atoms with Crippen LogP contribution in [0.4, 0.5) is 10.5 Å². The van der Waals surface area contributed by atoms with Crippen molar-refractivity contribution in [2.24, 2.45) is 0 Å². The predicted octanol–water partition coefficient (Wildman–Crippen LogP) is 2.60. The van der Waals surface area contributed by atoms with E-state index in [9.17, 15) is 14.7 Å². The largest absolute Gasteiger partial charge is 0.467 e. The molecule has 1 aromatic rings. The fourth-order valence-electron chi connectivity index (χ4n) is 2.77. The molecule has 2 rings (SSSR count). The van der Waals surface area contributed by atoms with Gasteiger partial charge in [0.2, 0.25) is 0 Å². The summed E-state index contributed by atoms with van der Waals surface area (Å²) in [5, 5.41) is 13.1. The normalized spacial score (nSPS) is 16.8. The van der Waals surface area contributed by atoms with Gasteiger partial charge in [-0.15, -0.1) is 0 Å². The van der Waals surface area contributed by atoms with Crippen LogP contribution in [-0.4, -0.2) is 47.8 Å². The first-order valence-corrected chi connectivity index (χ1v) is 8.19. The number of nitrogens with zero attached hydrogens (tertiary/aromatic N) is 1. The van der Waals surface area contributed by atoms with Crippen LogP contribution in [-0.2, 0) is 9.53 Å². The summed E-state index contributed by atoms with van der Waals surface area (Å²) >= 11 is 3.43. The Hall–Kier alpha value is -1.60. The van der Waals surface area contributed by atoms with Gasteiger partial charge in [0.1, 0.15) is 0 Å². The number of anilines is 1. The number of urea groups is 1. The lowest BCUT2D eigenvalue weighted by molar-refractivity contribution is -0.166. The third kappa shape index (κ3) is 3.84. The van der Waals surface area contributed by atoms with Crippen molar-refractivity contribution in [1.82, 2.24) is 4.90 Å². The summed E-state index contributed by atoms with van der Waals surface area (Å²) in [6.07, 6.45) is 0.344. The van der Waals surface area contributed by atoms with Crippen LogP contribution in [0.2, 0.25) is 0 Å². The molecule has 1 aromatic carbocycles. The van der Waals surface area contributed by atoms with Gasteiger partial charge in [0, 0.05) is 36.1 Å². The number of halogens is 1. The molecule has 0 atom stereocenters. The molecule has 1 saturated heterocycles. The minimum absolute atomic E-state index is 0.172. The zero-order valence-electron chi connectivity index (χ0n) is 13.5. The van der Waals surface area contributed by atoms with E-state index >= 15 is 0 Å². The molecule has 2 amide bonds. The van der Waals surface area contributed by atoms with Crippen LogP contribution >= 0.6 is 15.9 Å². The number of esters is 1. The Balaban J connectivity index is 2.03. The minimum Gasteiger partial charge on any atom is -0.467 e. The van der Waals surface area contributed by atoms with Gasteiger partial charge in [-0.05, 0) is 37.1 Å². The second-order valence-corrected chi connectivity index (χ2v) is 6.77. The number of piperidine rings is 1. The lowest BCUT2D eigenvalue weighted by Gasteiger charge is -2.36. The predicted molar refractivity (Wildman–Crippen MR) is 90.4 cm³/mol. The zero-order valence-corrected chi connectivity index (χ0v) is 15.1. The second kappa shape index (κ2) is 6.88. The Morgan fingerprint density at radius 1 is 1.26 bits per heavy atom. The third-order valence-electron chi connectivity index (χ3n) is 4.17. The van der Waals surface area contributed by atoms with Crippen molar-refractivity contribution in [3.63, 3.8) is 0 Å². The lowest BCUT2D eigenvalue weighted by atomic mass is 9.92. The van der Waals surface area contributed by atoms with Crippen LogP contribution in [0.25, 0.3) is 0 Å². The first-order valence-electron chi connectivity index (χ1n) is 7.40. The number of rotatable bonds is 2. The van der Waals surface area contributed by atoms with Crippen LogP contribution < -0.4 is 5.32 Å². The molecule has 0 saturated carbocycles. The average Bonchev–Trinajstić information content (AvgIpc) is 2.50. The highest BCUT2D eigenvalue weighted by atomic mass is 79.9. The molecular formula is C16H21BrN2O4. The van der Waals surface area contributed by atoms with Gasteiger partial charge in [-0.1, -0.05) is 15.9 Å². The summed E-state index contributed by atoms with van der Waals surface area (Å²) in [6, 6.07) is 3.65. The summed E-state index contributed by atoms with van der Waals surface area (Å²) in [5.41, 5.74) is 1.23. The summed E-state index contributed by atoms with van der Waals surface area (Å²) < 4.78 is 5.58. The number of ether oxygens (including phenoxy) is 1. The number of methoxy groups -OCH3 is 1. The molecule has 1 aliphatic rings. The monoisotopic (exact) mass is 384 g/mol. The van der Waals surface area contributed by atoms with Gasteiger partial charge in [-0.2, -0.15) is 0 Å². The van der Waals surface area contributed by atoms with E-state index in [4.69, 9.17) is 0 Å². The molecule has 7 heteroatoms. The Kier molecular flexibility index (Phi) is 5.31. The number of benzene rings is 1. The molecule has 0 radical (unpaired) electrons. The number of carbonyl (C=O) groups excluding carboxylic acids is 2. The molecule has 0 aromatic heterocycles. The van der Waals surface area contributed by atoms with Gasteiger partial charge in [0.15, 0.2) is 5.60 Å². The summed E-state index contributed by atoms with van der Waals surface area (Å²) in [5.74, 6) is -0.642. The molecule has 0 spiro atoms. The van der Waals surface area contributed by atoms with E-state index in [0.29, 0.717) is 13.1 Å². The smallest absolute Gasteiger partial charge is 0.337 e. The second-order valence-electron chi connectivity index (χ2n) is 5.85. The number of hydrogen-bond donors (Lipinski definition) is 2. The van der Waals surface area contributed by atoms with Crippen molar-refractivity contribution in [2.45, 2.75) is 32.3 Å². The Labute approximate surface area is 143 Å². The van der Waals surface area contributed by atoms with Crippen molar-refractivity contribution < 1.29 is 19.4 Å². The van der Waals surface area contributed by atoms with Gasteiger partial charge in [0.25, 0.3) is 0 Å². The molecule has 0 unspecified atom stereocenters. The third-order valence-corrected chi connectivity index (χ3v) is 4.63. The van der Waals surface area contributed by atoms with Crippen LogP contribution in [0.1, 0.15) is 24.0 Å². The SMILES string of the molecule is COC(=O)C1(O)CCN(C(=O)Nc2c(C)cc(Br)cc2C)CC1. The average molecular weight is 385 g/mol. The Bertz CT molecular complexity index is 602.